The lowest BCUT2D eigenvalue weighted by atomic mass is 9.82. The van der Waals surface area contributed by atoms with Crippen LogP contribution in [0.2, 0.25) is 0 Å². The van der Waals surface area contributed by atoms with E-state index in [0.29, 0.717) is 49.3 Å². The van der Waals surface area contributed by atoms with Crippen molar-refractivity contribution in [3.63, 3.8) is 0 Å². The second-order valence-corrected chi connectivity index (χ2v) is 7.70. The molecule has 2 aliphatic rings. The predicted molar refractivity (Wildman–Crippen MR) is 110 cm³/mol. The van der Waals surface area contributed by atoms with Gasteiger partial charge >= 0.3 is 0 Å². The summed E-state index contributed by atoms with van der Waals surface area (Å²) in [4.78, 5) is 26.0. The molecular formula is C21H25N5O4. The Balaban J connectivity index is 1.46. The van der Waals surface area contributed by atoms with Crippen molar-refractivity contribution < 1.29 is 19.8 Å². The van der Waals surface area contributed by atoms with Gasteiger partial charge in [0, 0.05) is 61.6 Å². The average Bonchev–Trinajstić information content (AvgIpc) is 3.27. The standard InChI is InChI=1S/C21H25N5O4/c1-14(4-2-3-9-25-13-15(8-11-27)23-24-25)21(30)17-12-16(26-10-7-19(26)28)5-6-18(17)22-20(21)29/h2,4-6,12-14,27,30H,3,7-11H2,1H3,(H,22,29)/b4-2+/t14-,21+/m0/s1. The highest BCUT2D eigenvalue weighted by Crippen LogP contribution is 2.43. The topological polar surface area (TPSA) is 121 Å². The molecule has 0 bridgehead atoms. The maximum Gasteiger partial charge on any atom is 0.261 e. The van der Waals surface area contributed by atoms with Crippen molar-refractivity contribution in [2.24, 2.45) is 5.92 Å². The van der Waals surface area contributed by atoms with Crippen LogP contribution in [0.3, 0.4) is 0 Å². The summed E-state index contributed by atoms with van der Waals surface area (Å²) in [5.41, 5.74) is 0.795. The first-order valence-corrected chi connectivity index (χ1v) is 10.1. The third-order valence-electron chi connectivity index (χ3n) is 5.73. The zero-order chi connectivity index (χ0) is 21.3. The number of nitrogens with one attached hydrogen (secondary N) is 1. The lowest BCUT2D eigenvalue weighted by molar-refractivity contribution is -0.137. The van der Waals surface area contributed by atoms with Crippen LogP contribution in [0.1, 0.15) is 31.0 Å². The number of fused-ring (bicyclic) bond motifs is 1. The van der Waals surface area contributed by atoms with Crippen molar-refractivity contribution >= 4 is 23.2 Å². The van der Waals surface area contributed by atoms with Crippen molar-refractivity contribution in [1.29, 1.82) is 0 Å². The van der Waals surface area contributed by atoms with Gasteiger partial charge in [0.1, 0.15) is 0 Å². The van der Waals surface area contributed by atoms with E-state index in [-0.39, 0.29) is 12.5 Å². The van der Waals surface area contributed by atoms with Crippen molar-refractivity contribution in [1.82, 2.24) is 15.0 Å². The molecule has 158 valence electrons. The number of rotatable bonds is 8. The van der Waals surface area contributed by atoms with Gasteiger partial charge < -0.3 is 20.4 Å². The Morgan fingerprint density at radius 3 is 2.90 bits per heavy atom. The number of allylic oxidation sites excluding steroid dienone is 1. The van der Waals surface area contributed by atoms with Gasteiger partial charge in [-0.2, -0.15) is 0 Å². The summed E-state index contributed by atoms with van der Waals surface area (Å²) in [7, 11) is 0. The third kappa shape index (κ3) is 3.50. The highest BCUT2D eigenvalue weighted by Gasteiger charge is 2.49. The van der Waals surface area contributed by atoms with Crippen LogP contribution in [0, 0.1) is 5.92 Å². The molecular weight excluding hydrogens is 386 g/mol. The molecule has 1 aromatic heterocycles. The number of anilines is 2. The summed E-state index contributed by atoms with van der Waals surface area (Å²) < 4.78 is 1.70. The summed E-state index contributed by atoms with van der Waals surface area (Å²) in [5, 5.41) is 31.0. The van der Waals surface area contributed by atoms with Gasteiger partial charge in [-0.25, -0.2) is 0 Å². The first kappa shape index (κ1) is 20.2. The number of nitrogens with zero attached hydrogens (tertiary/aromatic N) is 4. The minimum absolute atomic E-state index is 0.0336. The van der Waals surface area contributed by atoms with E-state index in [0.717, 1.165) is 5.69 Å². The number of carbonyl (C=O) groups excluding carboxylic acids is 2. The Bertz CT molecular complexity index is 1000. The molecule has 9 nitrogen and oxygen atoms in total. The van der Waals surface area contributed by atoms with Crippen LogP contribution in [-0.2, 0) is 28.2 Å². The van der Waals surface area contributed by atoms with Crippen molar-refractivity contribution in [3.8, 4) is 0 Å². The second-order valence-electron chi connectivity index (χ2n) is 7.70. The molecule has 4 rings (SSSR count). The van der Waals surface area contributed by atoms with Gasteiger partial charge in [-0.05, 0) is 24.6 Å². The number of aliphatic hydroxyl groups excluding tert-OH is 1. The molecule has 3 heterocycles. The molecule has 2 amide bonds. The lowest BCUT2D eigenvalue weighted by Gasteiger charge is -2.32. The van der Waals surface area contributed by atoms with Gasteiger partial charge in [0.25, 0.3) is 5.91 Å². The monoisotopic (exact) mass is 411 g/mol. The van der Waals surface area contributed by atoms with Crippen LogP contribution in [0.25, 0.3) is 0 Å². The quantitative estimate of drug-likeness (QED) is 0.440. The van der Waals surface area contributed by atoms with E-state index in [1.807, 2.05) is 12.2 Å². The van der Waals surface area contributed by atoms with Crippen molar-refractivity contribution in [2.45, 2.75) is 38.3 Å². The smallest absolute Gasteiger partial charge is 0.261 e. The van der Waals surface area contributed by atoms with Crippen LogP contribution >= 0.6 is 0 Å². The van der Waals surface area contributed by atoms with E-state index < -0.39 is 17.4 Å². The van der Waals surface area contributed by atoms with Gasteiger partial charge in [0.05, 0.1) is 5.69 Å². The van der Waals surface area contributed by atoms with E-state index in [9.17, 15) is 14.7 Å². The van der Waals surface area contributed by atoms with E-state index in [2.05, 4.69) is 15.6 Å². The number of benzene rings is 1. The van der Waals surface area contributed by atoms with Gasteiger partial charge in [-0.15, -0.1) is 5.10 Å². The third-order valence-corrected chi connectivity index (χ3v) is 5.73. The van der Waals surface area contributed by atoms with Crippen LogP contribution in [0.4, 0.5) is 11.4 Å². The number of amides is 2. The van der Waals surface area contributed by atoms with Gasteiger partial charge in [-0.1, -0.05) is 24.3 Å². The lowest BCUT2D eigenvalue weighted by Crippen LogP contribution is -2.44. The molecule has 2 atom stereocenters. The van der Waals surface area contributed by atoms with Crippen LogP contribution < -0.4 is 10.2 Å². The van der Waals surface area contributed by atoms with E-state index >= 15 is 0 Å². The molecule has 1 aromatic carbocycles. The first-order valence-electron chi connectivity index (χ1n) is 10.1. The Morgan fingerprint density at radius 1 is 1.37 bits per heavy atom. The van der Waals surface area contributed by atoms with E-state index in [1.54, 1.807) is 40.9 Å². The molecule has 3 N–H and O–H groups in total. The molecule has 1 saturated heterocycles. The number of aliphatic hydroxyl groups is 2. The molecule has 0 spiro atoms. The predicted octanol–water partition coefficient (Wildman–Crippen LogP) is 0.972. The SMILES string of the molecule is C[C@@H](/C=C/CCn1cc(CCO)nn1)[C@]1(O)C(=O)Nc2ccc(N3CCC3=O)cc21. The summed E-state index contributed by atoms with van der Waals surface area (Å²) >= 11 is 0. The summed E-state index contributed by atoms with van der Waals surface area (Å²) in [6.45, 7) is 3.08. The number of carbonyl (C=O) groups is 2. The maximum atomic E-state index is 12.6. The minimum Gasteiger partial charge on any atom is -0.396 e. The highest BCUT2D eigenvalue weighted by atomic mass is 16.3. The minimum atomic E-state index is -1.70. The molecule has 0 saturated carbocycles. The Hall–Kier alpha value is -3.04. The number of hydrogen-bond donors (Lipinski definition) is 3. The number of hydrogen-bond acceptors (Lipinski definition) is 6. The summed E-state index contributed by atoms with van der Waals surface area (Å²) in [6.07, 6.45) is 7.16. The number of aromatic nitrogens is 3. The zero-order valence-electron chi connectivity index (χ0n) is 16.8. The van der Waals surface area contributed by atoms with Crippen molar-refractivity contribution in [2.75, 3.05) is 23.4 Å². The highest BCUT2D eigenvalue weighted by molar-refractivity contribution is 6.06. The normalized spacial score (nSPS) is 21.6. The molecule has 2 aliphatic heterocycles. The van der Waals surface area contributed by atoms with Crippen LogP contribution in [-0.4, -0.2) is 50.2 Å². The van der Waals surface area contributed by atoms with E-state index in [4.69, 9.17) is 5.11 Å². The van der Waals surface area contributed by atoms with Gasteiger partial charge in [-0.3, -0.25) is 14.3 Å². The molecule has 2 aromatic rings. The maximum absolute atomic E-state index is 12.6. The fourth-order valence-electron chi connectivity index (χ4n) is 3.83. The Morgan fingerprint density at radius 2 is 2.20 bits per heavy atom. The summed E-state index contributed by atoms with van der Waals surface area (Å²) in [5.74, 6) is -0.896. The molecule has 0 aliphatic carbocycles. The largest absolute Gasteiger partial charge is 0.396 e. The van der Waals surface area contributed by atoms with Gasteiger partial charge in [0.15, 0.2) is 5.60 Å². The fraction of sp³-hybridized carbons (Fsp3) is 0.429. The second kappa shape index (κ2) is 8.00. The zero-order valence-corrected chi connectivity index (χ0v) is 16.8. The molecule has 0 radical (unpaired) electrons. The molecule has 9 heteroatoms. The number of aryl methyl sites for hydroxylation is 1. The number of β-lactam (4-membered cyclic amide) rings is 1. The molecule has 1 fully saturated rings. The fourth-order valence-corrected chi connectivity index (χ4v) is 3.83. The Kier molecular flexibility index (Phi) is 5.40. The molecule has 30 heavy (non-hydrogen) atoms. The van der Waals surface area contributed by atoms with Crippen molar-refractivity contribution in [3.05, 3.63) is 47.8 Å². The van der Waals surface area contributed by atoms with Gasteiger partial charge in [0.2, 0.25) is 5.91 Å². The Labute approximate surface area is 174 Å². The molecule has 0 unspecified atom stereocenters. The van der Waals surface area contributed by atoms with Crippen LogP contribution in [0.5, 0.6) is 0 Å². The summed E-state index contributed by atoms with van der Waals surface area (Å²) in [6, 6.07) is 5.25. The average molecular weight is 411 g/mol. The van der Waals surface area contributed by atoms with Crippen LogP contribution in [0.15, 0.2) is 36.5 Å². The van der Waals surface area contributed by atoms with E-state index in [1.165, 1.54) is 0 Å². The first-order chi connectivity index (χ1) is 14.4.